The van der Waals surface area contributed by atoms with Gasteiger partial charge in [-0.2, -0.15) is 0 Å². The van der Waals surface area contributed by atoms with Crippen molar-refractivity contribution in [1.29, 1.82) is 0 Å². The van der Waals surface area contributed by atoms with E-state index in [1.807, 2.05) is 0 Å². The topological polar surface area (TPSA) is 2.70 Å². The van der Waals surface area contributed by atoms with Crippen molar-refractivity contribution in [3.63, 3.8) is 0 Å². The third-order valence-electron chi connectivity index (χ3n) is 6.32. The van der Waals surface area contributed by atoms with Crippen molar-refractivity contribution in [2.75, 3.05) is 13.7 Å². The molecule has 0 radical (unpaired) electrons. The summed E-state index contributed by atoms with van der Waals surface area (Å²) in [6, 6.07) is 27.2. The predicted molar refractivity (Wildman–Crippen MR) is 123 cm³/mol. The molecule has 4 rings (SSSR count). The van der Waals surface area contributed by atoms with Gasteiger partial charge in [0.2, 0.25) is 0 Å². The summed E-state index contributed by atoms with van der Waals surface area (Å²) >= 11 is 0. The molecule has 3 aromatic rings. The molecule has 0 amide bonds. The molecule has 0 fully saturated rings. The molecular weight excluding hydrogens is 339 g/mol. The van der Waals surface area contributed by atoms with Gasteiger partial charge >= 0.3 is 6.35 Å². The first-order valence-corrected chi connectivity index (χ1v) is 10.2. The van der Waals surface area contributed by atoms with E-state index in [4.69, 9.17) is 0 Å². The van der Waals surface area contributed by atoms with E-state index in [-0.39, 0.29) is 0 Å². The van der Waals surface area contributed by atoms with Gasteiger partial charge in [-0.3, -0.25) is 0 Å². The van der Waals surface area contributed by atoms with Gasteiger partial charge < -0.3 is 4.28 Å². The fourth-order valence-electron chi connectivity index (χ4n) is 4.75. The lowest BCUT2D eigenvalue weighted by molar-refractivity contribution is 0.0566. The number of rotatable bonds is 3. The van der Waals surface area contributed by atoms with E-state index >= 15 is 0 Å². The van der Waals surface area contributed by atoms with E-state index < -0.39 is 6.35 Å². The van der Waals surface area contributed by atoms with Crippen LogP contribution in [0.25, 0.3) is 5.47 Å². The van der Waals surface area contributed by atoms with E-state index in [1.165, 1.54) is 38.7 Å². The van der Waals surface area contributed by atoms with Crippen LogP contribution in [0.1, 0.15) is 28.7 Å². The summed E-state index contributed by atoms with van der Waals surface area (Å²) in [6.07, 6.45) is 2.24. The summed E-state index contributed by atoms with van der Waals surface area (Å²) in [5.41, 5.74) is 9.31. The van der Waals surface area contributed by atoms with Gasteiger partial charge in [-0.25, -0.2) is 0 Å². The Kier molecular flexibility index (Phi) is 4.99. The summed E-state index contributed by atoms with van der Waals surface area (Å²) in [6.45, 7) is 7.45. The van der Waals surface area contributed by atoms with Crippen molar-refractivity contribution in [3.05, 3.63) is 101 Å². The average molecular weight is 368 g/mol. The highest BCUT2D eigenvalue weighted by Crippen LogP contribution is 2.35. The molecule has 0 saturated heterocycles. The van der Waals surface area contributed by atoms with Crippen molar-refractivity contribution in [2.24, 2.45) is 0 Å². The first-order valence-electron chi connectivity index (χ1n) is 10.2. The molecule has 0 unspecified atom stereocenters. The van der Waals surface area contributed by atoms with Crippen molar-refractivity contribution >= 4 is 22.7 Å². The monoisotopic (exact) mass is 368 g/mol. The van der Waals surface area contributed by atoms with Crippen LogP contribution in [0.4, 0.5) is 0 Å². The molecule has 0 aliphatic carbocycles. The van der Waals surface area contributed by atoms with Gasteiger partial charge in [-0.15, -0.1) is 22.5 Å². The number of aryl methyl sites for hydroxylation is 3. The minimum Gasteiger partial charge on any atom is -0.662 e. The van der Waals surface area contributed by atoms with E-state index in [1.54, 1.807) is 0 Å². The largest absolute Gasteiger partial charge is 0.662 e. The van der Waals surface area contributed by atoms with Crippen LogP contribution >= 0.6 is 0 Å². The second-order valence-electron chi connectivity index (χ2n) is 8.32. The average Bonchev–Trinajstić information content (AvgIpc) is 2.70. The van der Waals surface area contributed by atoms with Crippen molar-refractivity contribution < 1.29 is 4.28 Å². The van der Waals surface area contributed by atoms with Gasteiger partial charge in [0.25, 0.3) is 0 Å². The quantitative estimate of drug-likeness (QED) is 0.458. The molecule has 28 heavy (non-hydrogen) atoms. The highest BCUT2D eigenvalue weighted by Gasteiger charge is 2.47. The fourth-order valence-corrected chi connectivity index (χ4v) is 4.75. The SMILES string of the molecule is Cc1ccc(C2=CCC[O+](C)[B-]2(c2ccc(C)cc2)c2ccc(C)cc2)cc1. The third-order valence-corrected chi connectivity index (χ3v) is 6.32. The summed E-state index contributed by atoms with van der Waals surface area (Å²) < 4.78 is 3.59. The molecule has 0 saturated carbocycles. The Bertz CT molecular complexity index is 937. The van der Waals surface area contributed by atoms with E-state index in [0.29, 0.717) is 0 Å². The molecule has 1 aliphatic rings. The van der Waals surface area contributed by atoms with Crippen LogP contribution in [0, 0.1) is 20.8 Å². The minimum absolute atomic E-state index is 0.983. The van der Waals surface area contributed by atoms with Gasteiger partial charge in [0.05, 0.1) is 7.11 Å². The summed E-state index contributed by atoms with van der Waals surface area (Å²) in [4.78, 5) is 0. The molecule has 2 heteroatoms. The first-order chi connectivity index (χ1) is 13.5. The Hall–Kier alpha value is -2.58. The Morgan fingerprint density at radius 1 is 0.643 bits per heavy atom. The molecule has 3 aromatic carbocycles. The molecular formula is C26H29BO. The van der Waals surface area contributed by atoms with E-state index in [2.05, 4.69) is 111 Å². The van der Waals surface area contributed by atoms with Crippen LogP contribution in [0.3, 0.4) is 0 Å². The van der Waals surface area contributed by atoms with Crippen molar-refractivity contribution in [2.45, 2.75) is 27.2 Å². The van der Waals surface area contributed by atoms with Crippen molar-refractivity contribution in [3.8, 4) is 0 Å². The Morgan fingerprint density at radius 3 is 1.54 bits per heavy atom. The number of benzene rings is 3. The first kappa shape index (κ1) is 18.8. The maximum Gasteiger partial charge on any atom is 0.376 e. The zero-order valence-corrected chi connectivity index (χ0v) is 17.4. The van der Waals surface area contributed by atoms with Crippen LogP contribution in [0.15, 0.2) is 78.9 Å². The second kappa shape index (κ2) is 7.45. The normalized spacial score (nSPS) is 16.6. The molecule has 0 N–H and O–H groups in total. The zero-order valence-electron chi connectivity index (χ0n) is 17.4. The number of hydrogen-bond donors (Lipinski definition) is 0. The fraction of sp³-hybridized carbons (Fsp3) is 0.231. The number of hydrogen-bond acceptors (Lipinski definition) is 0. The molecule has 0 atom stereocenters. The van der Waals surface area contributed by atoms with Gasteiger partial charge in [0, 0.05) is 6.42 Å². The smallest absolute Gasteiger partial charge is 0.376 e. The summed E-state index contributed by atoms with van der Waals surface area (Å²) in [5, 5.41) is 0. The van der Waals surface area contributed by atoms with Gasteiger partial charge in [0.1, 0.15) is 6.61 Å². The van der Waals surface area contributed by atoms with Gasteiger partial charge in [-0.1, -0.05) is 95.1 Å². The van der Waals surface area contributed by atoms with Crippen LogP contribution in [-0.2, 0) is 4.28 Å². The maximum atomic E-state index is 3.59. The minimum atomic E-state index is -1.26. The summed E-state index contributed by atoms with van der Waals surface area (Å²) in [5.74, 6) is 0. The zero-order chi connectivity index (χ0) is 19.7. The van der Waals surface area contributed by atoms with Crippen LogP contribution < -0.4 is 10.9 Å². The lowest BCUT2D eigenvalue weighted by Crippen LogP contribution is -2.67. The molecule has 1 heterocycles. The molecule has 1 nitrogen and oxygen atoms in total. The van der Waals surface area contributed by atoms with E-state index in [0.717, 1.165) is 13.0 Å². The highest BCUT2D eigenvalue weighted by atomic mass is 16.6. The van der Waals surface area contributed by atoms with Crippen molar-refractivity contribution in [1.82, 2.24) is 0 Å². The van der Waals surface area contributed by atoms with Gasteiger partial charge in [-0.05, 0) is 20.8 Å². The Labute approximate surface area is 169 Å². The maximum absolute atomic E-state index is 3.59. The summed E-state index contributed by atoms with van der Waals surface area (Å²) in [7, 11) is 2.21. The second-order valence-corrected chi connectivity index (χ2v) is 8.32. The lowest BCUT2D eigenvalue weighted by atomic mass is 9.26. The highest BCUT2D eigenvalue weighted by molar-refractivity contribution is 7.11. The Balaban J connectivity index is 2.01. The molecule has 0 spiro atoms. The van der Waals surface area contributed by atoms with Crippen LogP contribution in [0.2, 0.25) is 0 Å². The molecule has 0 bridgehead atoms. The van der Waals surface area contributed by atoms with Crippen LogP contribution in [-0.4, -0.2) is 20.1 Å². The van der Waals surface area contributed by atoms with E-state index in [9.17, 15) is 0 Å². The predicted octanol–water partition coefficient (Wildman–Crippen LogP) is 4.88. The Morgan fingerprint density at radius 2 is 1.07 bits per heavy atom. The third kappa shape index (κ3) is 3.12. The van der Waals surface area contributed by atoms with Gasteiger partial charge in [0.15, 0.2) is 0 Å². The molecule has 1 aliphatic heterocycles. The lowest BCUT2D eigenvalue weighted by Gasteiger charge is -2.50. The molecule has 142 valence electrons. The van der Waals surface area contributed by atoms with Crippen LogP contribution in [0.5, 0.6) is 0 Å². The molecule has 0 aromatic heterocycles. The standard InChI is InChI=1S/C26H29BO/c1-20-7-13-23(14-8-20)26-6-5-19-28(4)27(26,24-15-9-21(2)10-16-24)25-17-11-22(3)12-18-25/h6-18H,5,19H2,1-4H3.